The smallest absolute Gasteiger partial charge is 0.248 e. The van der Waals surface area contributed by atoms with E-state index in [0.29, 0.717) is 0 Å². The molecule has 100 valence electrons. The second-order valence-corrected chi connectivity index (χ2v) is 5.07. The Hall–Kier alpha value is -2.35. The molecule has 2 aromatic carbocycles. The molecule has 1 N–H and O–H groups in total. The lowest BCUT2D eigenvalue weighted by Gasteiger charge is -2.05. The number of rotatable bonds is 3. The number of anilines is 1. The molecule has 0 spiro atoms. The summed E-state index contributed by atoms with van der Waals surface area (Å²) in [5.41, 5.74) is 4.70. The third-order valence-corrected chi connectivity index (χ3v) is 3.59. The number of hydrogen-bond donors (Lipinski definition) is 1. The van der Waals surface area contributed by atoms with Crippen LogP contribution in [0.3, 0.4) is 0 Å². The van der Waals surface area contributed by atoms with Crippen LogP contribution in [0.1, 0.15) is 23.1 Å². The Bertz CT molecular complexity index is 644. The lowest BCUT2D eigenvalue weighted by Crippen LogP contribution is -2.07. The maximum absolute atomic E-state index is 11.9. The molecule has 2 heteroatoms. The van der Waals surface area contributed by atoms with Crippen molar-refractivity contribution < 1.29 is 4.79 Å². The molecular weight excluding hydrogens is 246 g/mol. The van der Waals surface area contributed by atoms with Crippen LogP contribution in [0.5, 0.6) is 0 Å². The van der Waals surface area contributed by atoms with E-state index in [9.17, 15) is 4.79 Å². The Labute approximate surface area is 119 Å². The summed E-state index contributed by atoms with van der Waals surface area (Å²) in [7, 11) is 0. The number of carbonyl (C=O) groups is 1. The van der Waals surface area contributed by atoms with Gasteiger partial charge in [0.05, 0.1) is 0 Å². The number of carbonyl (C=O) groups excluding carboxylic acids is 1. The van der Waals surface area contributed by atoms with E-state index in [2.05, 4.69) is 17.4 Å². The summed E-state index contributed by atoms with van der Waals surface area (Å²) in [4.78, 5) is 11.9. The van der Waals surface area contributed by atoms with E-state index >= 15 is 0 Å². The van der Waals surface area contributed by atoms with E-state index in [0.717, 1.165) is 24.1 Å². The molecule has 3 rings (SSSR count). The van der Waals surface area contributed by atoms with Crippen LogP contribution in [0, 0.1) is 0 Å². The standard InChI is InChI=1S/C18H17NO/c20-18(12-9-14-5-2-1-3-6-14)19-17-11-10-15-7-4-8-16(15)13-17/h1-3,5-6,9-13H,4,7-8H2,(H,19,20). The zero-order valence-electron chi connectivity index (χ0n) is 11.3. The van der Waals surface area contributed by atoms with Crippen molar-refractivity contribution in [1.82, 2.24) is 0 Å². The van der Waals surface area contributed by atoms with Gasteiger partial charge in [0.2, 0.25) is 5.91 Å². The van der Waals surface area contributed by atoms with Gasteiger partial charge in [0.1, 0.15) is 0 Å². The quantitative estimate of drug-likeness (QED) is 0.838. The average Bonchev–Trinajstić information content (AvgIpc) is 2.94. The minimum atomic E-state index is -0.0909. The highest BCUT2D eigenvalue weighted by atomic mass is 16.1. The van der Waals surface area contributed by atoms with E-state index in [4.69, 9.17) is 0 Å². The third-order valence-electron chi connectivity index (χ3n) is 3.59. The molecule has 0 atom stereocenters. The van der Waals surface area contributed by atoms with E-state index in [1.54, 1.807) is 6.08 Å². The summed E-state index contributed by atoms with van der Waals surface area (Å²) >= 11 is 0. The van der Waals surface area contributed by atoms with Gasteiger partial charge in [-0.25, -0.2) is 0 Å². The second kappa shape index (κ2) is 5.74. The number of hydrogen-bond acceptors (Lipinski definition) is 1. The van der Waals surface area contributed by atoms with Gasteiger partial charge in [-0.05, 0) is 54.2 Å². The van der Waals surface area contributed by atoms with E-state index in [1.807, 2.05) is 42.5 Å². The van der Waals surface area contributed by atoms with Gasteiger partial charge < -0.3 is 5.32 Å². The SMILES string of the molecule is O=C(C=Cc1ccccc1)Nc1ccc2c(c1)CCC2. The van der Waals surface area contributed by atoms with Crippen molar-refractivity contribution in [3.63, 3.8) is 0 Å². The third kappa shape index (κ3) is 2.97. The Morgan fingerprint density at radius 3 is 2.65 bits per heavy atom. The Morgan fingerprint density at radius 2 is 1.80 bits per heavy atom. The minimum absolute atomic E-state index is 0.0909. The number of aryl methyl sites for hydroxylation is 2. The van der Waals surface area contributed by atoms with Crippen LogP contribution >= 0.6 is 0 Å². The maximum atomic E-state index is 11.9. The zero-order chi connectivity index (χ0) is 13.8. The summed E-state index contributed by atoms with van der Waals surface area (Å²) in [6, 6.07) is 16.0. The highest BCUT2D eigenvalue weighted by Crippen LogP contribution is 2.24. The lowest BCUT2D eigenvalue weighted by molar-refractivity contribution is -0.111. The molecule has 2 nitrogen and oxygen atoms in total. The summed E-state index contributed by atoms with van der Waals surface area (Å²) in [5.74, 6) is -0.0909. The van der Waals surface area contributed by atoms with Gasteiger partial charge in [0.25, 0.3) is 0 Å². The van der Waals surface area contributed by atoms with Crippen molar-refractivity contribution in [2.45, 2.75) is 19.3 Å². The maximum Gasteiger partial charge on any atom is 0.248 e. The first-order valence-electron chi connectivity index (χ1n) is 6.97. The second-order valence-electron chi connectivity index (χ2n) is 5.07. The zero-order valence-corrected chi connectivity index (χ0v) is 11.3. The largest absolute Gasteiger partial charge is 0.323 e. The molecule has 0 saturated carbocycles. The minimum Gasteiger partial charge on any atom is -0.323 e. The molecule has 1 aliphatic rings. The van der Waals surface area contributed by atoms with Crippen molar-refractivity contribution in [2.75, 3.05) is 5.32 Å². The fourth-order valence-electron chi connectivity index (χ4n) is 2.57. The summed E-state index contributed by atoms with van der Waals surface area (Å²) in [6.45, 7) is 0. The number of nitrogens with one attached hydrogen (secondary N) is 1. The molecule has 0 unspecified atom stereocenters. The molecule has 0 heterocycles. The van der Waals surface area contributed by atoms with E-state index < -0.39 is 0 Å². The van der Waals surface area contributed by atoms with Crippen molar-refractivity contribution in [3.05, 3.63) is 71.3 Å². The molecule has 20 heavy (non-hydrogen) atoms. The molecular formula is C18H17NO. The molecule has 1 aliphatic carbocycles. The summed E-state index contributed by atoms with van der Waals surface area (Å²) in [6.07, 6.45) is 6.91. The predicted octanol–water partition coefficient (Wildman–Crippen LogP) is 3.83. The molecule has 0 bridgehead atoms. The van der Waals surface area contributed by atoms with Gasteiger partial charge in [-0.15, -0.1) is 0 Å². The Balaban J connectivity index is 1.66. The molecule has 0 saturated heterocycles. The van der Waals surface area contributed by atoms with Crippen LogP contribution < -0.4 is 5.32 Å². The first-order chi connectivity index (χ1) is 9.81. The monoisotopic (exact) mass is 263 g/mol. The highest BCUT2D eigenvalue weighted by molar-refractivity contribution is 6.02. The molecule has 0 fully saturated rings. The van der Waals surface area contributed by atoms with Crippen LogP contribution in [-0.4, -0.2) is 5.91 Å². The normalized spacial score (nSPS) is 13.4. The Morgan fingerprint density at radius 1 is 1.00 bits per heavy atom. The number of fused-ring (bicyclic) bond motifs is 1. The van der Waals surface area contributed by atoms with Crippen molar-refractivity contribution in [3.8, 4) is 0 Å². The van der Waals surface area contributed by atoms with Gasteiger partial charge in [0, 0.05) is 11.8 Å². The fraction of sp³-hybridized carbons (Fsp3) is 0.167. The van der Waals surface area contributed by atoms with Gasteiger partial charge in [-0.2, -0.15) is 0 Å². The molecule has 1 amide bonds. The van der Waals surface area contributed by atoms with Crippen LogP contribution in [0.4, 0.5) is 5.69 Å². The van der Waals surface area contributed by atoms with Gasteiger partial charge in [-0.1, -0.05) is 36.4 Å². The highest BCUT2D eigenvalue weighted by Gasteiger charge is 2.11. The van der Waals surface area contributed by atoms with E-state index in [-0.39, 0.29) is 5.91 Å². The molecule has 0 radical (unpaired) electrons. The van der Waals surface area contributed by atoms with Crippen LogP contribution in [0.15, 0.2) is 54.6 Å². The summed E-state index contributed by atoms with van der Waals surface area (Å²) in [5, 5.41) is 2.92. The first-order valence-corrected chi connectivity index (χ1v) is 6.97. The fourth-order valence-corrected chi connectivity index (χ4v) is 2.57. The topological polar surface area (TPSA) is 29.1 Å². The van der Waals surface area contributed by atoms with Crippen molar-refractivity contribution in [2.24, 2.45) is 0 Å². The molecule has 0 aliphatic heterocycles. The van der Waals surface area contributed by atoms with Crippen molar-refractivity contribution in [1.29, 1.82) is 0 Å². The predicted molar refractivity (Wildman–Crippen MR) is 82.6 cm³/mol. The molecule has 0 aromatic heterocycles. The van der Waals surface area contributed by atoms with Crippen LogP contribution in [0.25, 0.3) is 6.08 Å². The molecule has 2 aromatic rings. The Kier molecular flexibility index (Phi) is 3.64. The van der Waals surface area contributed by atoms with Crippen LogP contribution in [0.2, 0.25) is 0 Å². The lowest BCUT2D eigenvalue weighted by atomic mass is 10.1. The summed E-state index contributed by atoms with van der Waals surface area (Å²) < 4.78 is 0. The van der Waals surface area contributed by atoms with Crippen molar-refractivity contribution >= 4 is 17.7 Å². The van der Waals surface area contributed by atoms with E-state index in [1.165, 1.54) is 17.5 Å². The van der Waals surface area contributed by atoms with Gasteiger partial charge in [0.15, 0.2) is 0 Å². The van der Waals surface area contributed by atoms with Crippen LogP contribution in [-0.2, 0) is 17.6 Å². The van der Waals surface area contributed by atoms with Gasteiger partial charge >= 0.3 is 0 Å². The first kappa shape index (κ1) is 12.7. The number of benzene rings is 2. The number of amides is 1. The average molecular weight is 263 g/mol. The van der Waals surface area contributed by atoms with Gasteiger partial charge in [-0.3, -0.25) is 4.79 Å².